The van der Waals surface area contributed by atoms with Gasteiger partial charge in [0.15, 0.2) is 0 Å². The number of hydrogen-bond acceptors (Lipinski definition) is 7. The predicted octanol–water partition coefficient (Wildman–Crippen LogP) is 3.13. The molecule has 1 saturated heterocycles. The minimum Gasteiger partial charge on any atom is -0.675 e. The molecule has 0 bridgehead atoms. The number of ether oxygens (including phenoxy) is 1. The number of hydrogen-bond donors (Lipinski definition) is 1. The molecule has 1 atom stereocenters. The van der Waals surface area contributed by atoms with E-state index in [0.29, 0.717) is 35.0 Å². The van der Waals surface area contributed by atoms with E-state index in [1.165, 1.54) is 31.1 Å². The van der Waals surface area contributed by atoms with Crippen LogP contribution in [0.15, 0.2) is 35.6 Å². The maximum absolute atomic E-state index is 13.5. The number of unbranched alkanes of at least 4 members (excludes halogenated alkanes) is 1. The molecule has 1 aliphatic heterocycles. The summed E-state index contributed by atoms with van der Waals surface area (Å²) >= 11 is 3.42. The van der Waals surface area contributed by atoms with Crippen molar-refractivity contribution in [3.63, 3.8) is 0 Å². The van der Waals surface area contributed by atoms with Crippen LogP contribution in [0.25, 0.3) is 16.4 Å². The van der Waals surface area contributed by atoms with Crippen LogP contribution in [0.4, 0.5) is 14.5 Å². The van der Waals surface area contributed by atoms with Crippen LogP contribution in [-0.4, -0.2) is 66.1 Å². The first-order valence-electron chi connectivity index (χ1n) is 12.3. The average molecular weight is 596 g/mol. The second-order valence-corrected chi connectivity index (χ2v) is 10.5. The summed E-state index contributed by atoms with van der Waals surface area (Å²) in [6.45, 7) is 8.31. The van der Waals surface area contributed by atoms with Gasteiger partial charge in [-0.3, -0.25) is 15.3 Å². The van der Waals surface area contributed by atoms with Gasteiger partial charge < -0.3 is 10.1 Å². The zero-order valence-electron chi connectivity index (χ0n) is 22.7. The number of nitrogens with zero attached hydrogens (tertiary/aromatic N) is 4. The maximum Gasteiger partial charge on any atom is 1.00 e. The Bertz CT molecular complexity index is 1190. The van der Waals surface area contributed by atoms with Gasteiger partial charge in [-0.15, -0.1) is 23.4 Å². The van der Waals surface area contributed by atoms with E-state index in [1.54, 1.807) is 0 Å². The van der Waals surface area contributed by atoms with Crippen molar-refractivity contribution in [1.82, 2.24) is 15.3 Å². The summed E-state index contributed by atoms with van der Waals surface area (Å²) in [7, 11) is 1.49. The molecule has 6 nitrogen and oxygen atoms in total. The molecule has 0 aliphatic carbocycles. The number of nitrogens with one attached hydrogen (secondary N) is 1. The standard InChI is InChI=1S/C28H32F2N5OS2.K/c1-4-5-6-9-27(34-31-2)38-20-33-24-11-10-21(8-7-12-35-13-15-37-16-14-35)17-22(24)23-18-25(28(29)30)32-19-26(23)36-3;/h10-11,17-19,27-28,34H,2,4-5,12-16,20H2,1,3H3;/q-1;+1. The van der Waals surface area contributed by atoms with Crippen molar-refractivity contribution in [1.29, 1.82) is 0 Å². The molecule has 1 N–H and O–H groups in total. The van der Waals surface area contributed by atoms with Crippen molar-refractivity contribution in [2.45, 2.75) is 31.6 Å². The number of alkyl halides is 2. The van der Waals surface area contributed by atoms with Crippen LogP contribution in [0, 0.1) is 23.7 Å². The third kappa shape index (κ3) is 11.3. The number of thioether (sulfide) groups is 2. The van der Waals surface area contributed by atoms with E-state index < -0.39 is 6.43 Å². The molecule has 2 heterocycles. The third-order valence-corrected chi connectivity index (χ3v) is 7.33. The molecule has 1 aromatic carbocycles. The molecule has 0 radical (unpaired) electrons. The van der Waals surface area contributed by atoms with Gasteiger partial charge in [0.2, 0.25) is 0 Å². The fourth-order valence-electron chi connectivity index (χ4n) is 3.60. The van der Waals surface area contributed by atoms with Gasteiger partial charge in [0, 0.05) is 48.9 Å². The molecule has 11 heteroatoms. The van der Waals surface area contributed by atoms with E-state index in [-0.39, 0.29) is 62.5 Å². The summed E-state index contributed by atoms with van der Waals surface area (Å²) in [6, 6.07) is 6.99. The molecular weight excluding hydrogens is 564 g/mol. The van der Waals surface area contributed by atoms with Gasteiger partial charge in [-0.2, -0.15) is 16.9 Å². The van der Waals surface area contributed by atoms with Crippen LogP contribution in [-0.2, 0) is 0 Å². The summed E-state index contributed by atoms with van der Waals surface area (Å²) in [5.74, 6) is 15.7. The van der Waals surface area contributed by atoms with Gasteiger partial charge in [-0.1, -0.05) is 36.6 Å². The Labute approximate surface area is 281 Å². The number of halogens is 2. The second-order valence-electron chi connectivity index (χ2n) is 8.22. The van der Waals surface area contributed by atoms with Gasteiger partial charge in [0.1, 0.15) is 16.8 Å². The van der Waals surface area contributed by atoms with Crippen LogP contribution < -0.4 is 61.5 Å². The zero-order chi connectivity index (χ0) is 27.2. The maximum atomic E-state index is 13.5. The Kier molecular flexibility index (Phi) is 16.5. The Hall–Kier alpha value is -1.28. The minimum absolute atomic E-state index is 0. The van der Waals surface area contributed by atoms with Gasteiger partial charge in [-0.25, -0.2) is 8.78 Å². The number of pyridine rings is 1. The Morgan fingerprint density at radius 2 is 2.05 bits per heavy atom. The summed E-state index contributed by atoms with van der Waals surface area (Å²) in [6.07, 6.45) is 0.382. The summed E-state index contributed by atoms with van der Waals surface area (Å²) in [4.78, 5) is 6.18. The molecule has 0 saturated carbocycles. The number of hydrazone groups is 1. The average Bonchev–Trinajstić information content (AvgIpc) is 2.94. The SMILES string of the molecule is C=NNC(C#CCCC)SC[N-]c1ccc(C#CCN2CCSCC2)cc1-c1cc(C(F)F)ncc1OC.[K+]. The molecular formula is C28H32F2KN5OS2. The normalized spacial score (nSPS) is 13.7. The number of aromatic nitrogens is 1. The smallest absolute Gasteiger partial charge is 0.675 e. The van der Waals surface area contributed by atoms with Crippen molar-refractivity contribution < 1.29 is 64.9 Å². The molecule has 1 aromatic heterocycles. The monoisotopic (exact) mass is 595 g/mol. The molecule has 2 aromatic rings. The van der Waals surface area contributed by atoms with Crippen LogP contribution in [0.3, 0.4) is 0 Å². The van der Waals surface area contributed by atoms with Crippen LogP contribution in [0.5, 0.6) is 5.75 Å². The van der Waals surface area contributed by atoms with Gasteiger partial charge in [-0.05, 0) is 30.2 Å². The van der Waals surface area contributed by atoms with Crippen LogP contribution in [0.1, 0.15) is 37.4 Å². The number of methoxy groups -OCH3 is 1. The van der Waals surface area contributed by atoms with Crippen molar-refractivity contribution in [2.75, 3.05) is 44.1 Å². The Morgan fingerprint density at radius 1 is 1.26 bits per heavy atom. The Balaban J connectivity index is 0.00000533. The van der Waals surface area contributed by atoms with Crippen molar-refractivity contribution in [3.8, 4) is 40.6 Å². The van der Waals surface area contributed by atoms with Gasteiger partial charge in [0.05, 0.1) is 19.9 Å². The van der Waals surface area contributed by atoms with Gasteiger partial charge >= 0.3 is 51.4 Å². The Morgan fingerprint density at radius 3 is 2.74 bits per heavy atom. The fourth-order valence-corrected chi connectivity index (χ4v) is 5.25. The first kappa shape index (κ1) is 33.9. The van der Waals surface area contributed by atoms with Crippen molar-refractivity contribution >= 4 is 35.9 Å². The number of benzene rings is 1. The molecule has 0 spiro atoms. The molecule has 0 amide bonds. The second kappa shape index (κ2) is 18.9. The molecule has 1 fully saturated rings. The first-order valence-corrected chi connectivity index (χ1v) is 14.5. The molecule has 3 rings (SSSR count). The predicted molar refractivity (Wildman–Crippen MR) is 156 cm³/mol. The zero-order valence-corrected chi connectivity index (χ0v) is 27.4. The molecule has 202 valence electrons. The number of rotatable bonds is 11. The van der Waals surface area contributed by atoms with E-state index in [9.17, 15) is 8.78 Å². The van der Waals surface area contributed by atoms with Crippen LogP contribution in [0.2, 0.25) is 0 Å². The van der Waals surface area contributed by atoms with E-state index in [0.717, 1.165) is 43.0 Å². The van der Waals surface area contributed by atoms with E-state index in [2.05, 4.69) is 57.7 Å². The van der Waals surface area contributed by atoms with E-state index >= 15 is 0 Å². The van der Waals surface area contributed by atoms with E-state index in [4.69, 9.17) is 10.1 Å². The summed E-state index contributed by atoms with van der Waals surface area (Å²) in [5.41, 5.74) is 5.10. The summed E-state index contributed by atoms with van der Waals surface area (Å²) < 4.78 is 32.5. The molecule has 1 aliphatic rings. The first-order chi connectivity index (χ1) is 18.5. The largest absolute Gasteiger partial charge is 1.00 e. The topological polar surface area (TPSA) is 63.9 Å². The van der Waals surface area contributed by atoms with Gasteiger partial charge in [0.25, 0.3) is 6.43 Å². The van der Waals surface area contributed by atoms with Crippen molar-refractivity contribution in [3.05, 3.63) is 47.0 Å². The van der Waals surface area contributed by atoms with E-state index in [1.807, 2.05) is 30.0 Å². The fraction of sp³-hybridized carbons (Fsp3) is 0.429. The van der Waals surface area contributed by atoms with Crippen LogP contribution >= 0.6 is 23.5 Å². The van der Waals surface area contributed by atoms with Crippen molar-refractivity contribution in [2.24, 2.45) is 5.10 Å². The minimum atomic E-state index is -2.71. The molecule has 1 unspecified atom stereocenters. The summed E-state index contributed by atoms with van der Waals surface area (Å²) in [5, 5.41) is 8.24. The third-order valence-electron chi connectivity index (χ3n) is 5.55. The quantitative estimate of drug-likeness (QED) is 0.142. The molecule has 39 heavy (non-hydrogen) atoms.